The first-order valence-electron chi connectivity index (χ1n) is 9.40. The summed E-state index contributed by atoms with van der Waals surface area (Å²) >= 11 is 18.0. The first-order valence-corrected chi connectivity index (χ1v) is 12.0. The van der Waals surface area contributed by atoms with Crippen molar-refractivity contribution in [3.05, 3.63) is 87.4 Å². The van der Waals surface area contributed by atoms with E-state index in [1.165, 1.54) is 24.3 Å². The number of benzene rings is 3. The summed E-state index contributed by atoms with van der Waals surface area (Å²) in [6.07, 6.45) is 0. The van der Waals surface area contributed by atoms with Gasteiger partial charge in [-0.2, -0.15) is 0 Å². The molecular weight excluding hydrogens is 495 g/mol. The molecule has 3 rings (SSSR count). The summed E-state index contributed by atoms with van der Waals surface area (Å²) in [4.78, 5) is 12.1. The first kappa shape index (κ1) is 24.4. The number of ether oxygens (including phenoxy) is 1. The molecule has 3 aromatic carbocycles. The molecule has 0 bridgehead atoms. The highest BCUT2D eigenvalue weighted by Gasteiger charge is 2.20. The lowest BCUT2D eigenvalue weighted by Crippen LogP contribution is -2.27. The van der Waals surface area contributed by atoms with E-state index < -0.39 is 22.0 Å². The first-order chi connectivity index (χ1) is 15.2. The zero-order chi connectivity index (χ0) is 23.3. The summed E-state index contributed by atoms with van der Waals surface area (Å²) in [6.45, 7) is 1.39. The van der Waals surface area contributed by atoms with Crippen molar-refractivity contribution in [1.29, 1.82) is 0 Å². The predicted molar refractivity (Wildman–Crippen MR) is 127 cm³/mol. The Labute approximate surface area is 201 Å². The molecule has 0 aliphatic heterocycles. The van der Waals surface area contributed by atoms with Gasteiger partial charge in [-0.25, -0.2) is 13.1 Å². The molecule has 0 spiro atoms. The lowest BCUT2D eigenvalue weighted by atomic mass is 10.1. The van der Waals surface area contributed by atoms with Crippen LogP contribution in [0.25, 0.3) is 0 Å². The highest BCUT2D eigenvalue weighted by molar-refractivity contribution is 7.89. The number of amides is 1. The fourth-order valence-electron chi connectivity index (χ4n) is 2.80. The van der Waals surface area contributed by atoms with Gasteiger partial charge in [0.25, 0.3) is 5.91 Å². The van der Waals surface area contributed by atoms with E-state index in [0.29, 0.717) is 10.7 Å². The molecule has 0 heterocycles. The fourth-order valence-corrected chi connectivity index (χ4v) is 4.81. The molecule has 0 fully saturated rings. The number of carbonyl (C=O) groups is 1. The van der Waals surface area contributed by atoms with Gasteiger partial charge in [-0.1, -0.05) is 65.1 Å². The molecule has 0 aromatic heterocycles. The van der Waals surface area contributed by atoms with Gasteiger partial charge < -0.3 is 10.1 Å². The van der Waals surface area contributed by atoms with Gasteiger partial charge in [-0.05, 0) is 48.9 Å². The van der Waals surface area contributed by atoms with Crippen LogP contribution in [0, 0.1) is 0 Å². The van der Waals surface area contributed by atoms with Crippen molar-refractivity contribution >= 4 is 56.4 Å². The Hall–Kier alpha value is -2.29. The Kier molecular flexibility index (Phi) is 8.03. The van der Waals surface area contributed by atoms with E-state index in [1.54, 1.807) is 19.1 Å². The third kappa shape index (κ3) is 6.37. The highest BCUT2D eigenvalue weighted by atomic mass is 35.5. The SMILES string of the molecule is C[C@@H](NS(=O)(=O)c1ccc(OCC(=O)Nc2ccc(Cl)cc2Cl)c(Cl)c1)c1ccccc1. The molecule has 1 atom stereocenters. The molecule has 0 unspecified atom stereocenters. The minimum Gasteiger partial charge on any atom is -0.482 e. The summed E-state index contributed by atoms with van der Waals surface area (Å²) < 4.78 is 33.4. The average molecular weight is 514 g/mol. The maximum atomic E-state index is 12.7. The molecule has 168 valence electrons. The smallest absolute Gasteiger partial charge is 0.262 e. The number of nitrogens with one attached hydrogen (secondary N) is 2. The largest absolute Gasteiger partial charge is 0.482 e. The second-order valence-electron chi connectivity index (χ2n) is 6.81. The van der Waals surface area contributed by atoms with Gasteiger partial charge in [0, 0.05) is 11.1 Å². The summed E-state index contributed by atoms with van der Waals surface area (Å²) in [5, 5.41) is 3.38. The monoisotopic (exact) mass is 512 g/mol. The Morgan fingerprint density at radius 3 is 2.34 bits per heavy atom. The van der Waals surface area contributed by atoms with E-state index in [1.807, 2.05) is 30.3 Å². The minimum atomic E-state index is -3.82. The number of carbonyl (C=O) groups excluding carboxylic acids is 1. The summed E-state index contributed by atoms with van der Waals surface area (Å²) in [5.74, 6) is -0.306. The van der Waals surface area contributed by atoms with Crippen molar-refractivity contribution in [2.24, 2.45) is 0 Å². The molecule has 2 N–H and O–H groups in total. The molecule has 0 saturated carbocycles. The standard InChI is InChI=1S/C22H19Cl3N2O4S/c1-14(15-5-3-2-4-6-15)27-32(29,30)17-8-10-21(19(25)12-17)31-13-22(28)26-20-9-7-16(23)11-18(20)24/h2-12,14,27H,13H2,1H3,(H,26,28)/t14-/m1/s1. The van der Waals surface area contributed by atoms with E-state index in [0.717, 1.165) is 5.56 Å². The Morgan fingerprint density at radius 1 is 0.969 bits per heavy atom. The molecule has 3 aromatic rings. The maximum absolute atomic E-state index is 12.7. The van der Waals surface area contributed by atoms with Crippen LogP contribution in [0.3, 0.4) is 0 Å². The van der Waals surface area contributed by atoms with Crippen LogP contribution >= 0.6 is 34.8 Å². The molecule has 10 heteroatoms. The van der Waals surface area contributed by atoms with Crippen molar-refractivity contribution in [2.45, 2.75) is 17.9 Å². The van der Waals surface area contributed by atoms with E-state index >= 15 is 0 Å². The number of hydrogen-bond acceptors (Lipinski definition) is 4. The average Bonchev–Trinajstić information content (AvgIpc) is 2.75. The molecule has 6 nitrogen and oxygen atoms in total. The molecule has 0 aliphatic carbocycles. The van der Waals surface area contributed by atoms with Gasteiger partial charge >= 0.3 is 0 Å². The Morgan fingerprint density at radius 2 is 1.69 bits per heavy atom. The zero-order valence-electron chi connectivity index (χ0n) is 16.8. The van der Waals surface area contributed by atoms with Crippen LogP contribution in [-0.2, 0) is 14.8 Å². The van der Waals surface area contributed by atoms with Crippen LogP contribution in [0.15, 0.2) is 71.6 Å². The summed E-state index contributed by atoms with van der Waals surface area (Å²) in [6, 6.07) is 17.4. The second kappa shape index (κ2) is 10.6. The number of anilines is 1. The highest BCUT2D eigenvalue weighted by Crippen LogP contribution is 2.29. The van der Waals surface area contributed by atoms with E-state index in [9.17, 15) is 13.2 Å². The quantitative estimate of drug-likeness (QED) is 0.404. The fraction of sp³-hybridized carbons (Fsp3) is 0.136. The van der Waals surface area contributed by atoms with E-state index in [4.69, 9.17) is 39.5 Å². The summed E-state index contributed by atoms with van der Waals surface area (Å²) in [5.41, 5.74) is 1.21. The van der Waals surface area contributed by atoms with Crippen LogP contribution in [0.2, 0.25) is 15.1 Å². The van der Waals surface area contributed by atoms with Crippen LogP contribution < -0.4 is 14.8 Å². The van der Waals surface area contributed by atoms with Gasteiger partial charge in [0.1, 0.15) is 5.75 Å². The van der Waals surface area contributed by atoms with Crippen molar-refractivity contribution in [3.8, 4) is 5.75 Å². The number of sulfonamides is 1. The zero-order valence-corrected chi connectivity index (χ0v) is 19.9. The van der Waals surface area contributed by atoms with Crippen molar-refractivity contribution < 1.29 is 17.9 Å². The van der Waals surface area contributed by atoms with E-state index in [-0.39, 0.29) is 27.3 Å². The lowest BCUT2D eigenvalue weighted by molar-refractivity contribution is -0.118. The molecule has 0 saturated heterocycles. The molecular formula is C22H19Cl3N2O4S. The van der Waals surface area contributed by atoms with Crippen LogP contribution in [-0.4, -0.2) is 20.9 Å². The molecule has 1 amide bonds. The number of halogens is 3. The van der Waals surface area contributed by atoms with Gasteiger partial charge in [-0.15, -0.1) is 0 Å². The van der Waals surface area contributed by atoms with Crippen molar-refractivity contribution in [2.75, 3.05) is 11.9 Å². The second-order valence-corrected chi connectivity index (χ2v) is 9.77. The van der Waals surface area contributed by atoms with Crippen LogP contribution in [0.1, 0.15) is 18.5 Å². The maximum Gasteiger partial charge on any atom is 0.262 e. The Bertz CT molecular complexity index is 1220. The normalized spacial score (nSPS) is 12.2. The van der Waals surface area contributed by atoms with Crippen molar-refractivity contribution in [3.63, 3.8) is 0 Å². The van der Waals surface area contributed by atoms with Gasteiger partial charge in [0.05, 0.1) is 20.6 Å². The number of rotatable bonds is 8. The number of hydrogen-bond donors (Lipinski definition) is 2. The van der Waals surface area contributed by atoms with Gasteiger partial charge in [-0.3, -0.25) is 4.79 Å². The molecule has 0 aliphatic rings. The van der Waals surface area contributed by atoms with Gasteiger partial charge in [0.2, 0.25) is 10.0 Å². The van der Waals surface area contributed by atoms with E-state index in [2.05, 4.69) is 10.0 Å². The topological polar surface area (TPSA) is 84.5 Å². The minimum absolute atomic E-state index is 0.0185. The Balaban J connectivity index is 1.63. The summed E-state index contributed by atoms with van der Waals surface area (Å²) in [7, 11) is -3.82. The van der Waals surface area contributed by atoms with Crippen LogP contribution in [0.5, 0.6) is 5.75 Å². The molecule has 0 radical (unpaired) electrons. The predicted octanol–water partition coefficient (Wildman–Crippen LogP) is 5.70. The van der Waals surface area contributed by atoms with Crippen molar-refractivity contribution in [1.82, 2.24) is 4.72 Å². The lowest BCUT2D eigenvalue weighted by Gasteiger charge is -2.15. The van der Waals surface area contributed by atoms with Gasteiger partial charge in [0.15, 0.2) is 6.61 Å². The third-order valence-electron chi connectivity index (χ3n) is 4.41. The third-order valence-corrected chi connectivity index (χ3v) is 6.79. The molecule has 32 heavy (non-hydrogen) atoms. The van der Waals surface area contributed by atoms with Crippen LogP contribution in [0.4, 0.5) is 5.69 Å².